The molecule has 0 saturated heterocycles. The van der Waals surface area contributed by atoms with Gasteiger partial charge in [0.25, 0.3) is 0 Å². The Bertz CT molecular complexity index is 705. The summed E-state index contributed by atoms with van der Waals surface area (Å²) in [6.45, 7) is 2.55. The second-order valence-corrected chi connectivity index (χ2v) is 6.20. The Balaban J connectivity index is 1.69. The van der Waals surface area contributed by atoms with E-state index in [2.05, 4.69) is 18.2 Å². The summed E-state index contributed by atoms with van der Waals surface area (Å²) in [4.78, 5) is 14.3. The molecule has 22 heavy (non-hydrogen) atoms. The zero-order chi connectivity index (χ0) is 15.4. The molecule has 1 aliphatic heterocycles. The summed E-state index contributed by atoms with van der Waals surface area (Å²) in [6.07, 6.45) is 3.89. The number of aryl methyl sites for hydroxylation is 1. The first-order valence-electron chi connectivity index (χ1n) is 7.51. The van der Waals surface area contributed by atoms with Gasteiger partial charge in [0.15, 0.2) is 0 Å². The molecule has 0 radical (unpaired) electrons. The summed E-state index contributed by atoms with van der Waals surface area (Å²) in [5, 5.41) is 0. The molecule has 2 aromatic rings. The standard InChI is InChI=1S/C19H18O2S/c1-2-21-15-11-12-17-16(13-15)19(20)18(22-17)10-6-9-14-7-4-3-5-8-14/h3-5,7-8,10-13H,2,6,9H2,1H3/b18-10-. The molecule has 2 nitrogen and oxygen atoms in total. The number of carbonyl (C=O) groups excluding carboxylic acids is 1. The first-order chi connectivity index (χ1) is 10.8. The fraction of sp³-hybridized carbons (Fsp3) is 0.211. The number of thioether (sulfide) groups is 1. The summed E-state index contributed by atoms with van der Waals surface area (Å²) in [5.41, 5.74) is 2.06. The van der Waals surface area contributed by atoms with Crippen molar-refractivity contribution in [3.63, 3.8) is 0 Å². The molecule has 0 aromatic heterocycles. The average molecular weight is 310 g/mol. The van der Waals surface area contributed by atoms with Gasteiger partial charge in [-0.2, -0.15) is 0 Å². The van der Waals surface area contributed by atoms with Gasteiger partial charge in [0.05, 0.1) is 11.5 Å². The number of benzene rings is 2. The number of Topliss-reactive ketones (excluding diaryl/α,β-unsaturated/α-hetero) is 1. The number of hydrogen-bond donors (Lipinski definition) is 0. The zero-order valence-corrected chi connectivity index (χ0v) is 13.4. The van der Waals surface area contributed by atoms with E-state index in [-0.39, 0.29) is 5.78 Å². The van der Waals surface area contributed by atoms with Gasteiger partial charge in [0.1, 0.15) is 5.75 Å². The van der Waals surface area contributed by atoms with Gasteiger partial charge in [-0.25, -0.2) is 0 Å². The molecule has 112 valence electrons. The van der Waals surface area contributed by atoms with Crippen molar-refractivity contribution in [2.24, 2.45) is 0 Å². The first kappa shape index (κ1) is 14.9. The number of allylic oxidation sites excluding steroid dienone is 2. The second kappa shape index (κ2) is 6.84. The molecular weight excluding hydrogens is 292 g/mol. The molecular formula is C19H18O2S. The second-order valence-electron chi connectivity index (χ2n) is 5.11. The van der Waals surface area contributed by atoms with Gasteiger partial charge < -0.3 is 4.74 Å². The minimum Gasteiger partial charge on any atom is -0.494 e. The van der Waals surface area contributed by atoms with Crippen LogP contribution in [0.3, 0.4) is 0 Å². The van der Waals surface area contributed by atoms with E-state index >= 15 is 0 Å². The fourth-order valence-corrected chi connectivity index (χ4v) is 3.52. The van der Waals surface area contributed by atoms with E-state index in [1.54, 1.807) is 11.8 Å². The van der Waals surface area contributed by atoms with Crippen LogP contribution in [0, 0.1) is 0 Å². The van der Waals surface area contributed by atoms with Crippen molar-refractivity contribution in [1.82, 2.24) is 0 Å². The van der Waals surface area contributed by atoms with Crippen LogP contribution in [0.1, 0.15) is 29.3 Å². The van der Waals surface area contributed by atoms with Gasteiger partial charge in [-0.1, -0.05) is 48.2 Å². The largest absolute Gasteiger partial charge is 0.494 e. The van der Waals surface area contributed by atoms with Crippen molar-refractivity contribution in [3.05, 3.63) is 70.6 Å². The van der Waals surface area contributed by atoms with Crippen LogP contribution in [0.5, 0.6) is 5.75 Å². The molecule has 3 rings (SSSR count). The predicted octanol–water partition coefficient (Wildman–Crippen LogP) is 4.89. The molecule has 0 unspecified atom stereocenters. The molecule has 0 spiro atoms. The molecule has 1 aliphatic rings. The third kappa shape index (κ3) is 3.25. The van der Waals surface area contributed by atoms with Crippen LogP contribution in [0.15, 0.2) is 64.4 Å². The van der Waals surface area contributed by atoms with Crippen LogP contribution in [0.25, 0.3) is 0 Å². The molecule has 0 N–H and O–H groups in total. The summed E-state index contributed by atoms with van der Waals surface area (Å²) < 4.78 is 5.47. The van der Waals surface area contributed by atoms with E-state index in [9.17, 15) is 4.79 Å². The van der Waals surface area contributed by atoms with Gasteiger partial charge in [0, 0.05) is 10.5 Å². The van der Waals surface area contributed by atoms with Crippen LogP contribution in [0.4, 0.5) is 0 Å². The maximum Gasteiger partial charge on any atom is 0.200 e. The monoisotopic (exact) mass is 310 g/mol. The third-order valence-electron chi connectivity index (χ3n) is 3.56. The Morgan fingerprint density at radius 1 is 1.14 bits per heavy atom. The van der Waals surface area contributed by atoms with Crippen molar-refractivity contribution >= 4 is 17.5 Å². The normalized spacial score (nSPS) is 15.1. The van der Waals surface area contributed by atoms with Gasteiger partial charge >= 0.3 is 0 Å². The van der Waals surface area contributed by atoms with E-state index in [0.717, 1.165) is 34.0 Å². The smallest absolute Gasteiger partial charge is 0.200 e. The molecule has 0 atom stereocenters. The van der Waals surface area contributed by atoms with Crippen molar-refractivity contribution in [2.75, 3.05) is 6.61 Å². The number of ether oxygens (including phenoxy) is 1. The Morgan fingerprint density at radius 3 is 2.73 bits per heavy atom. The van der Waals surface area contributed by atoms with Crippen molar-refractivity contribution in [1.29, 1.82) is 0 Å². The SMILES string of the molecule is CCOc1ccc2c(c1)C(=O)/C(=C/CCc1ccccc1)S2. The Labute approximate surface area is 135 Å². The van der Waals surface area contributed by atoms with E-state index < -0.39 is 0 Å². The van der Waals surface area contributed by atoms with E-state index in [0.29, 0.717) is 6.61 Å². The Morgan fingerprint density at radius 2 is 1.95 bits per heavy atom. The Hall–Kier alpha value is -2.00. The third-order valence-corrected chi connectivity index (χ3v) is 4.70. The highest BCUT2D eigenvalue weighted by Gasteiger charge is 2.25. The summed E-state index contributed by atoms with van der Waals surface area (Å²) >= 11 is 1.56. The summed E-state index contributed by atoms with van der Waals surface area (Å²) in [5.74, 6) is 0.885. The van der Waals surface area contributed by atoms with Crippen LogP contribution in [0.2, 0.25) is 0 Å². The molecule has 0 bridgehead atoms. The van der Waals surface area contributed by atoms with Crippen LogP contribution in [-0.4, -0.2) is 12.4 Å². The molecule has 0 fully saturated rings. The Kier molecular flexibility index (Phi) is 4.64. The van der Waals surface area contributed by atoms with Gasteiger partial charge in [-0.15, -0.1) is 0 Å². The lowest BCUT2D eigenvalue weighted by Crippen LogP contribution is -1.97. The maximum absolute atomic E-state index is 12.5. The molecule has 0 saturated carbocycles. The van der Waals surface area contributed by atoms with Gasteiger partial charge in [-0.05, 0) is 43.5 Å². The van der Waals surface area contributed by atoms with E-state index in [1.807, 2.05) is 43.3 Å². The molecule has 2 aromatic carbocycles. The number of hydrogen-bond acceptors (Lipinski definition) is 3. The lowest BCUT2D eigenvalue weighted by atomic mass is 10.1. The average Bonchev–Trinajstić information content (AvgIpc) is 2.85. The zero-order valence-electron chi connectivity index (χ0n) is 12.5. The quantitative estimate of drug-likeness (QED) is 0.735. The number of rotatable bonds is 5. The number of fused-ring (bicyclic) bond motifs is 1. The highest BCUT2D eigenvalue weighted by atomic mass is 32.2. The molecule has 3 heteroatoms. The van der Waals surface area contributed by atoms with Crippen molar-refractivity contribution < 1.29 is 9.53 Å². The van der Waals surface area contributed by atoms with Gasteiger partial charge in [0.2, 0.25) is 5.78 Å². The summed E-state index contributed by atoms with van der Waals surface area (Å²) in [6, 6.07) is 16.1. The van der Waals surface area contributed by atoms with Crippen molar-refractivity contribution in [2.45, 2.75) is 24.7 Å². The summed E-state index contributed by atoms with van der Waals surface area (Å²) in [7, 11) is 0. The number of ketones is 1. The first-order valence-corrected chi connectivity index (χ1v) is 8.33. The van der Waals surface area contributed by atoms with Crippen LogP contribution >= 0.6 is 11.8 Å². The van der Waals surface area contributed by atoms with E-state index in [4.69, 9.17) is 4.74 Å². The highest BCUT2D eigenvalue weighted by Crippen LogP contribution is 2.41. The molecule has 0 amide bonds. The molecule has 1 heterocycles. The van der Waals surface area contributed by atoms with Crippen LogP contribution < -0.4 is 4.74 Å². The predicted molar refractivity (Wildman–Crippen MR) is 90.6 cm³/mol. The molecule has 0 aliphatic carbocycles. The minimum atomic E-state index is 0.120. The van der Waals surface area contributed by atoms with E-state index in [1.165, 1.54) is 5.56 Å². The highest BCUT2D eigenvalue weighted by molar-refractivity contribution is 8.04. The minimum absolute atomic E-state index is 0.120. The maximum atomic E-state index is 12.5. The lowest BCUT2D eigenvalue weighted by Gasteiger charge is -2.03. The van der Waals surface area contributed by atoms with Crippen molar-refractivity contribution in [3.8, 4) is 5.75 Å². The van der Waals surface area contributed by atoms with Crippen LogP contribution in [-0.2, 0) is 6.42 Å². The fourth-order valence-electron chi connectivity index (χ4n) is 2.48. The lowest BCUT2D eigenvalue weighted by molar-refractivity contribution is 0.104. The topological polar surface area (TPSA) is 26.3 Å². The number of carbonyl (C=O) groups is 1. The van der Waals surface area contributed by atoms with Gasteiger partial charge in [-0.3, -0.25) is 4.79 Å².